The number of carboxylic acid groups (broad SMARTS) is 1. The summed E-state index contributed by atoms with van der Waals surface area (Å²) in [5.41, 5.74) is -0.860. The summed E-state index contributed by atoms with van der Waals surface area (Å²) >= 11 is 0. The van der Waals surface area contributed by atoms with Crippen molar-refractivity contribution in [1.82, 2.24) is 14.1 Å². The van der Waals surface area contributed by atoms with E-state index in [4.69, 9.17) is 5.11 Å². The van der Waals surface area contributed by atoms with Gasteiger partial charge < -0.3 is 10.4 Å². The average molecular weight is 344 g/mol. The maximum absolute atomic E-state index is 11.9. The maximum atomic E-state index is 11.9. The molecule has 1 aliphatic heterocycles. The van der Waals surface area contributed by atoms with E-state index < -0.39 is 21.5 Å². The van der Waals surface area contributed by atoms with Crippen LogP contribution in [0.4, 0.5) is 5.69 Å². The first-order chi connectivity index (χ1) is 10.6. The Kier molecular flexibility index (Phi) is 4.76. The molecule has 2 N–H and O–H groups in total. The zero-order chi connectivity index (χ0) is 17.3. The molecule has 0 atom stereocenters. The number of amides is 1. The van der Waals surface area contributed by atoms with E-state index in [1.54, 1.807) is 0 Å². The van der Waals surface area contributed by atoms with Gasteiger partial charge in [0.25, 0.3) is 0 Å². The lowest BCUT2D eigenvalue weighted by Crippen LogP contribution is -2.35. The number of carbonyl (C=O) groups excluding carboxylic acids is 1. The van der Waals surface area contributed by atoms with Gasteiger partial charge in [0.1, 0.15) is 0 Å². The Balaban J connectivity index is 1.91. The highest BCUT2D eigenvalue weighted by atomic mass is 32.2. The fraction of sp³-hybridized carbons (Fsp3) is 0.615. The first-order valence-electron chi connectivity index (χ1n) is 7.19. The lowest BCUT2D eigenvalue weighted by atomic mass is 10.1. The summed E-state index contributed by atoms with van der Waals surface area (Å²) in [5.74, 6) is -1.26. The molecule has 2 rings (SSSR count). The molecule has 0 aliphatic carbocycles. The molecule has 1 fully saturated rings. The Morgan fingerprint density at radius 3 is 2.70 bits per heavy atom. The minimum absolute atomic E-state index is 0.0345. The molecule has 0 unspecified atom stereocenters. The molecule has 2 heterocycles. The van der Waals surface area contributed by atoms with E-state index in [-0.39, 0.29) is 24.6 Å². The Bertz CT molecular complexity index is 710. The van der Waals surface area contributed by atoms with Crippen molar-refractivity contribution < 1.29 is 23.1 Å². The second kappa shape index (κ2) is 6.28. The van der Waals surface area contributed by atoms with Crippen LogP contribution in [-0.2, 0) is 25.2 Å². The van der Waals surface area contributed by atoms with Crippen molar-refractivity contribution in [2.75, 3.05) is 24.2 Å². The van der Waals surface area contributed by atoms with Gasteiger partial charge in [0, 0.05) is 25.7 Å². The molecule has 0 radical (unpaired) electrons. The van der Waals surface area contributed by atoms with Crippen LogP contribution < -0.4 is 5.32 Å². The molecule has 9 nitrogen and oxygen atoms in total. The van der Waals surface area contributed by atoms with Gasteiger partial charge in [-0.2, -0.15) is 5.10 Å². The predicted octanol–water partition coefficient (Wildman–Crippen LogP) is 0.0669. The second-order valence-corrected chi connectivity index (χ2v) is 7.99. The third-order valence-corrected chi connectivity index (χ3v) is 5.71. The van der Waals surface area contributed by atoms with E-state index >= 15 is 0 Å². The topological polar surface area (TPSA) is 122 Å². The zero-order valence-electron chi connectivity index (χ0n) is 13.0. The van der Waals surface area contributed by atoms with Crippen LogP contribution in [0.3, 0.4) is 0 Å². The average Bonchev–Trinajstić information content (AvgIpc) is 3.03. The first kappa shape index (κ1) is 17.4. The normalized spacial score (nSPS) is 18.0. The number of aliphatic carboxylic acids is 1. The highest BCUT2D eigenvalue weighted by Crippen LogP contribution is 2.18. The first-order valence-corrected chi connectivity index (χ1v) is 8.80. The van der Waals surface area contributed by atoms with Crippen LogP contribution in [0.1, 0.15) is 26.7 Å². The van der Waals surface area contributed by atoms with Crippen LogP contribution in [0, 0.1) is 0 Å². The van der Waals surface area contributed by atoms with Crippen LogP contribution in [0.5, 0.6) is 0 Å². The summed E-state index contributed by atoms with van der Waals surface area (Å²) in [6.07, 6.45) is 3.40. The van der Waals surface area contributed by atoms with E-state index in [0.29, 0.717) is 18.7 Å². The Morgan fingerprint density at radius 2 is 2.13 bits per heavy atom. The van der Waals surface area contributed by atoms with Crippen molar-refractivity contribution in [3.8, 4) is 0 Å². The van der Waals surface area contributed by atoms with E-state index in [1.807, 2.05) is 0 Å². The molecule has 0 aromatic carbocycles. The Labute approximate surface area is 134 Å². The van der Waals surface area contributed by atoms with Gasteiger partial charge in [0.15, 0.2) is 5.54 Å². The molecular formula is C13H20N4O5S. The van der Waals surface area contributed by atoms with Gasteiger partial charge in [-0.15, -0.1) is 0 Å². The standard InChI is InChI=1S/C13H20N4O5S/c1-13(2,12(19)20)17-9-10(8-14-17)15-11(18)4-6-16-5-3-7-23(16,21)22/h8-9H,3-7H2,1-2H3,(H,15,18)(H,19,20). The third kappa shape index (κ3) is 3.88. The van der Waals surface area contributed by atoms with Gasteiger partial charge >= 0.3 is 5.97 Å². The van der Waals surface area contributed by atoms with E-state index in [1.165, 1.54) is 35.2 Å². The summed E-state index contributed by atoms with van der Waals surface area (Å²) in [5, 5.41) is 15.7. The predicted molar refractivity (Wildman–Crippen MR) is 82.4 cm³/mol. The number of nitrogens with one attached hydrogen (secondary N) is 1. The summed E-state index contributed by atoms with van der Waals surface area (Å²) in [7, 11) is -3.21. The van der Waals surface area contributed by atoms with E-state index in [9.17, 15) is 18.0 Å². The number of carboxylic acids is 1. The van der Waals surface area contributed by atoms with Crippen LogP contribution in [0.25, 0.3) is 0 Å². The monoisotopic (exact) mass is 344 g/mol. The minimum atomic E-state index is -3.21. The van der Waals surface area contributed by atoms with Crippen LogP contribution >= 0.6 is 0 Å². The van der Waals surface area contributed by atoms with Crippen molar-refractivity contribution in [2.24, 2.45) is 0 Å². The molecule has 128 valence electrons. The molecule has 1 aromatic heterocycles. The zero-order valence-corrected chi connectivity index (χ0v) is 13.8. The lowest BCUT2D eigenvalue weighted by molar-refractivity contribution is -0.146. The molecular weight excluding hydrogens is 324 g/mol. The maximum Gasteiger partial charge on any atom is 0.331 e. The minimum Gasteiger partial charge on any atom is -0.479 e. The van der Waals surface area contributed by atoms with Crippen molar-refractivity contribution >= 4 is 27.6 Å². The number of hydrogen-bond donors (Lipinski definition) is 2. The van der Waals surface area contributed by atoms with Crippen molar-refractivity contribution in [3.63, 3.8) is 0 Å². The molecule has 1 saturated heterocycles. The largest absolute Gasteiger partial charge is 0.479 e. The van der Waals surface area contributed by atoms with Gasteiger partial charge in [0.2, 0.25) is 15.9 Å². The molecule has 0 bridgehead atoms. The molecule has 0 saturated carbocycles. The van der Waals surface area contributed by atoms with Crippen molar-refractivity contribution in [1.29, 1.82) is 0 Å². The van der Waals surface area contributed by atoms with Gasteiger partial charge in [-0.1, -0.05) is 0 Å². The Hall–Kier alpha value is -1.94. The van der Waals surface area contributed by atoms with Gasteiger partial charge in [-0.05, 0) is 20.3 Å². The summed E-state index contributed by atoms with van der Waals surface area (Å²) in [6.45, 7) is 3.57. The second-order valence-electron chi connectivity index (χ2n) is 5.90. The summed E-state index contributed by atoms with van der Waals surface area (Å²) in [6, 6.07) is 0. The molecule has 0 spiro atoms. The number of rotatable bonds is 6. The summed E-state index contributed by atoms with van der Waals surface area (Å²) in [4.78, 5) is 23.0. The van der Waals surface area contributed by atoms with Crippen LogP contribution in [-0.4, -0.2) is 58.3 Å². The van der Waals surface area contributed by atoms with Crippen molar-refractivity contribution in [2.45, 2.75) is 32.2 Å². The van der Waals surface area contributed by atoms with Crippen LogP contribution in [0.15, 0.2) is 12.4 Å². The molecule has 1 aliphatic rings. The number of sulfonamides is 1. The van der Waals surface area contributed by atoms with E-state index in [0.717, 1.165) is 0 Å². The van der Waals surface area contributed by atoms with Crippen LogP contribution in [0.2, 0.25) is 0 Å². The van der Waals surface area contributed by atoms with Gasteiger partial charge in [-0.25, -0.2) is 17.5 Å². The van der Waals surface area contributed by atoms with E-state index in [2.05, 4.69) is 10.4 Å². The third-order valence-electron chi connectivity index (χ3n) is 3.75. The van der Waals surface area contributed by atoms with Gasteiger partial charge in [-0.3, -0.25) is 9.48 Å². The number of anilines is 1. The highest BCUT2D eigenvalue weighted by molar-refractivity contribution is 7.89. The molecule has 1 aromatic rings. The molecule has 1 amide bonds. The number of hydrogen-bond acceptors (Lipinski definition) is 5. The fourth-order valence-electron chi connectivity index (χ4n) is 2.18. The SMILES string of the molecule is CC(C)(C(=O)O)n1cc(NC(=O)CCN2CCCS2(=O)=O)cn1. The Morgan fingerprint density at radius 1 is 1.43 bits per heavy atom. The lowest BCUT2D eigenvalue weighted by Gasteiger charge is -2.19. The number of aromatic nitrogens is 2. The molecule has 23 heavy (non-hydrogen) atoms. The van der Waals surface area contributed by atoms with Crippen molar-refractivity contribution in [3.05, 3.63) is 12.4 Å². The quantitative estimate of drug-likeness (QED) is 0.753. The number of nitrogens with zero attached hydrogens (tertiary/aromatic N) is 3. The summed E-state index contributed by atoms with van der Waals surface area (Å²) < 4.78 is 25.8. The number of carbonyl (C=O) groups is 2. The smallest absolute Gasteiger partial charge is 0.331 e. The highest BCUT2D eigenvalue weighted by Gasteiger charge is 2.30. The molecule has 10 heteroatoms. The fourth-order valence-corrected chi connectivity index (χ4v) is 3.71. The van der Waals surface area contributed by atoms with Gasteiger partial charge in [0.05, 0.1) is 17.6 Å².